The van der Waals surface area contributed by atoms with Gasteiger partial charge < -0.3 is 0 Å². The van der Waals surface area contributed by atoms with Gasteiger partial charge in [0.2, 0.25) is 0 Å². The van der Waals surface area contributed by atoms with E-state index in [9.17, 15) is 0 Å². The Hall–Kier alpha value is -0.303. The standard InChI is InChI=1S/C27H46Si/c1-6-28(7-2,8-3)20-17-22-13-15-24-23-14-12-21-11-9-10-18-26(21,4)25(23)16-19-27(22,24)5/h13,17,20-21,23-25H,6-12,14-16,18-19H2,1-5H3/b20-17+/t21?,23-,24-,25-,26-,27+/m0/s1. The van der Waals surface area contributed by atoms with Crippen molar-refractivity contribution in [1.82, 2.24) is 0 Å². The predicted octanol–water partition coefficient (Wildman–Crippen LogP) is 8.56. The highest BCUT2D eigenvalue weighted by Gasteiger charge is 2.57. The van der Waals surface area contributed by atoms with Gasteiger partial charge in [-0.15, -0.1) is 0 Å². The second kappa shape index (κ2) is 7.75. The summed E-state index contributed by atoms with van der Waals surface area (Å²) in [7, 11) is -1.17. The number of allylic oxidation sites excluding steroid dienone is 3. The Morgan fingerprint density at radius 2 is 1.68 bits per heavy atom. The highest BCUT2D eigenvalue weighted by Crippen LogP contribution is 2.66. The van der Waals surface area contributed by atoms with Gasteiger partial charge in [-0.25, -0.2) is 0 Å². The first-order valence-electron chi connectivity index (χ1n) is 12.8. The lowest BCUT2D eigenvalue weighted by Crippen LogP contribution is -2.52. The second-order valence-corrected chi connectivity index (χ2v) is 16.7. The van der Waals surface area contributed by atoms with Gasteiger partial charge in [0.25, 0.3) is 0 Å². The summed E-state index contributed by atoms with van der Waals surface area (Å²) >= 11 is 0. The van der Waals surface area contributed by atoms with Crippen LogP contribution in [0.3, 0.4) is 0 Å². The number of fused-ring (bicyclic) bond motifs is 5. The summed E-state index contributed by atoms with van der Waals surface area (Å²) in [5.41, 5.74) is 5.64. The monoisotopic (exact) mass is 398 g/mol. The molecule has 28 heavy (non-hydrogen) atoms. The third-order valence-electron chi connectivity index (χ3n) is 11.0. The molecule has 0 amide bonds. The molecule has 0 nitrogen and oxygen atoms in total. The summed E-state index contributed by atoms with van der Waals surface area (Å²) in [4.78, 5) is 0. The highest BCUT2D eigenvalue weighted by atomic mass is 28.3. The minimum atomic E-state index is -1.17. The molecule has 158 valence electrons. The van der Waals surface area contributed by atoms with E-state index in [2.05, 4.69) is 52.5 Å². The molecule has 0 aromatic heterocycles. The van der Waals surface area contributed by atoms with Crippen molar-refractivity contribution in [3.63, 3.8) is 0 Å². The second-order valence-electron chi connectivity index (χ2n) is 11.5. The average Bonchev–Trinajstić information content (AvgIpc) is 3.05. The Balaban J connectivity index is 1.55. The van der Waals surface area contributed by atoms with Gasteiger partial charge >= 0.3 is 0 Å². The van der Waals surface area contributed by atoms with Crippen LogP contribution in [0.15, 0.2) is 23.4 Å². The van der Waals surface area contributed by atoms with Crippen LogP contribution < -0.4 is 0 Å². The van der Waals surface area contributed by atoms with E-state index in [1.54, 1.807) is 5.57 Å². The van der Waals surface area contributed by atoms with Crippen molar-refractivity contribution in [3.05, 3.63) is 23.4 Å². The van der Waals surface area contributed by atoms with Crippen LogP contribution in [0.1, 0.15) is 92.4 Å². The Morgan fingerprint density at radius 3 is 2.39 bits per heavy atom. The van der Waals surface area contributed by atoms with Crippen molar-refractivity contribution in [2.75, 3.05) is 0 Å². The lowest BCUT2D eigenvalue weighted by molar-refractivity contribution is -0.0982. The molecule has 3 saturated carbocycles. The first-order chi connectivity index (χ1) is 13.4. The van der Waals surface area contributed by atoms with Gasteiger partial charge in [-0.05, 0) is 85.0 Å². The SMILES string of the molecule is CC[Si](/C=C/C1=CC[C@H]2[C@@H]3CCC4CCCC[C@]4(C)[C@H]3CC[C@]12C)(CC)CC. The van der Waals surface area contributed by atoms with Gasteiger partial charge in [0.05, 0.1) is 8.07 Å². The molecule has 0 saturated heterocycles. The largest absolute Gasteiger partial charge is 0.0940 e. The van der Waals surface area contributed by atoms with Gasteiger partial charge in [0.15, 0.2) is 0 Å². The van der Waals surface area contributed by atoms with Gasteiger partial charge in [-0.3, -0.25) is 0 Å². The molecule has 0 aliphatic heterocycles. The fraction of sp³-hybridized carbons (Fsp3) is 0.852. The summed E-state index contributed by atoms with van der Waals surface area (Å²) in [5.74, 6) is 4.01. The Morgan fingerprint density at radius 1 is 0.929 bits per heavy atom. The lowest BCUT2D eigenvalue weighted by Gasteiger charge is -2.60. The molecule has 4 aliphatic rings. The van der Waals surface area contributed by atoms with Crippen molar-refractivity contribution in [2.45, 2.75) is 111 Å². The first kappa shape index (κ1) is 20.9. The number of hydrogen-bond donors (Lipinski definition) is 0. The van der Waals surface area contributed by atoms with Gasteiger partial charge in [-0.1, -0.05) is 83.4 Å². The number of hydrogen-bond acceptors (Lipinski definition) is 0. The van der Waals surface area contributed by atoms with Crippen molar-refractivity contribution in [2.24, 2.45) is 34.5 Å². The van der Waals surface area contributed by atoms with Crippen LogP contribution in [0.5, 0.6) is 0 Å². The summed E-state index contributed by atoms with van der Waals surface area (Å²) in [6.45, 7) is 12.7. The molecule has 1 unspecified atom stereocenters. The quantitative estimate of drug-likeness (QED) is 0.407. The van der Waals surface area contributed by atoms with Crippen LogP contribution in [-0.2, 0) is 0 Å². The van der Waals surface area contributed by atoms with Crippen LogP contribution in [-0.4, -0.2) is 8.07 Å². The van der Waals surface area contributed by atoms with E-state index in [0.29, 0.717) is 10.8 Å². The molecule has 0 N–H and O–H groups in total. The van der Waals surface area contributed by atoms with Crippen LogP contribution >= 0.6 is 0 Å². The topological polar surface area (TPSA) is 0 Å². The summed E-state index contributed by atoms with van der Waals surface area (Å²) < 4.78 is 0. The Kier molecular flexibility index (Phi) is 5.80. The van der Waals surface area contributed by atoms with Crippen LogP contribution in [0.4, 0.5) is 0 Å². The molecule has 0 heterocycles. The zero-order valence-corrected chi connectivity index (χ0v) is 20.5. The third kappa shape index (κ3) is 3.14. The van der Waals surface area contributed by atoms with Crippen molar-refractivity contribution in [3.8, 4) is 0 Å². The normalized spacial score (nSPS) is 43.4. The minimum Gasteiger partial charge on any atom is -0.0940 e. The molecule has 0 aromatic carbocycles. The van der Waals surface area contributed by atoms with E-state index in [4.69, 9.17) is 0 Å². The predicted molar refractivity (Wildman–Crippen MR) is 126 cm³/mol. The molecule has 3 fully saturated rings. The molecule has 0 aromatic rings. The van der Waals surface area contributed by atoms with Crippen molar-refractivity contribution in [1.29, 1.82) is 0 Å². The maximum absolute atomic E-state index is 2.75. The lowest BCUT2D eigenvalue weighted by atomic mass is 9.45. The van der Waals surface area contributed by atoms with E-state index in [0.717, 1.165) is 23.7 Å². The van der Waals surface area contributed by atoms with Crippen LogP contribution in [0, 0.1) is 34.5 Å². The average molecular weight is 399 g/mol. The van der Waals surface area contributed by atoms with E-state index in [1.165, 1.54) is 75.9 Å². The number of rotatable bonds is 5. The van der Waals surface area contributed by atoms with E-state index in [-0.39, 0.29) is 0 Å². The third-order valence-corrected chi connectivity index (χ3v) is 16.1. The molecule has 4 rings (SSSR count). The maximum atomic E-state index is 2.75. The molecule has 0 radical (unpaired) electrons. The molecule has 0 spiro atoms. The zero-order chi connectivity index (χ0) is 20.0. The first-order valence-corrected chi connectivity index (χ1v) is 15.5. The van der Waals surface area contributed by atoms with Crippen molar-refractivity contribution >= 4 is 8.07 Å². The van der Waals surface area contributed by atoms with Gasteiger partial charge in [0.1, 0.15) is 0 Å². The Labute approximate surface area is 176 Å². The van der Waals surface area contributed by atoms with E-state index in [1.807, 2.05) is 0 Å². The van der Waals surface area contributed by atoms with Gasteiger partial charge in [0, 0.05) is 0 Å². The zero-order valence-electron chi connectivity index (χ0n) is 19.5. The molecule has 6 atom stereocenters. The van der Waals surface area contributed by atoms with Crippen LogP contribution in [0.25, 0.3) is 0 Å². The fourth-order valence-electron chi connectivity index (χ4n) is 8.52. The maximum Gasteiger partial charge on any atom is 0.0770 e. The Bertz CT molecular complexity index is 618. The summed E-state index contributed by atoms with van der Waals surface area (Å²) in [6, 6.07) is 4.23. The van der Waals surface area contributed by atoms with E-state index < -0.39 is 8.07 Å². The van der Waals surface area contributed by atoms with Gasteiger partial charge in [-0.2, -0.15) is 0 Å². The molecular formula is C27H46Si. The van der Waals surface area contributed by atoms with Crippen molar-refractivity contribution < 1.29 is 0 Å². The highest BCUT2D eigenvalue weighted by molar-refractivity contribution is 6.84. The molecular weight excluding hydrogens is 352 g/mol. The molecule has 1 heteroatoms. The molecule has 0 bridgehead atoms. The smallest absolute Gasteiger partial charge is 0.0770 e. The molecule has 4 aliphatic carbocycles. The summed E-state index contributed by atoms with van der Waals surface area (Å²) in [5, 5.41) is 0. The van der Waals surface area contributed by atoms with E-state index >= 15 is 0 Å². The van der Waals surface area contributed by atoms with Crippen LogP contribution in [0.2, 0.25) is 18.1 Å². The minimum absolute atomic E-state index is 0.477. The fourth-order valence-corrected chi connectivity index (χ4v) is 11.3. The summed E-state index contributed by atoms with van der Waals surface area (Å²) in [6.07, 6.45) is 18.8.